The van der Waals surface area contributed by atoms with Crippen molar-refractivity contribution in [3.05, 3.63) is 37.2 Å². The maximum Gasteiger partial charge on any atom is 0.408 e. The normalized spacial score (nSPS) is 10.9. The highest BCUT2D eigenvalue weighted by Crippen LogP contribution is 2.25. The van der Waals surface area contributed by atoms with Crippen molar-refractivity contribution in [2.75, 3.05) is 0 Å². The first kappa shape index (κ1) is 14.0. The summed E-state index contributed by atoms with van der Waals surface area (Å²) < 4.78 is 4.05. The molecule has 0 radical (unpaired) electrons. The van der Waals surface area contributed by atoms with Gasteiger partial charge in [-0.05, 0) is 27.3 Å². The highest BCUT2D eigenvalue weighted by Gasteiger charge is 2.21. The SMILES string of the molecule is CCc1nn(C)c(Cn2cc(Cl)c([N+](=O)[O-])n2)c1Br. The standard InChI is InChI=1S/C10H11BrClN5O2/c1-3-7-9(11)8(15(2)13-7)5-16-4-6(12)10(14-16)17(18)19/h4H,3,5H2,1-2H3. The van der Waals surface area contributed by atoms with Gasteiger partial charge in [-0.25, -0.2) is 0 Å². The highest BCUT2D eigenvalue weighted by molar-refractivity contribution is 9.10. The molecule has 7 nitrogen and oxygen atoms in total. The minimum atomic E-state index is -0.603. The summed E-state index contributed by atoms with van der Waals surface area (Å²) in [6.07, 6.45) is 2.24. The van der Waals surface area contributed by atoms with Crippen LogP contribution in [-0.4, -0.2) is 24.5 Å². The lowest BCUT2D eigenvalue weighted by Gasteiger charge is -1.99. The van der Waals surface area contributed by atoms with Gasteiger partial charge in [0.2, 0.25) is 0 Å². The summed E-state index contributed by atoms with van der Waals surface area (Å²) >= 11 is 9.24. The van der Waals surface area contributed by atoms with Crippen molar-refractivity contribution in [1.29, 1.82) is 0 Å². The van der Waals surface area contributed by atoms with Crippen LogP contribution in [0.5, 0.6) is 0 Å². The van der Waals surface area contributed by atoms with Gasteiger partial charge in [0, 0.05) is 7.05 Å². The molecule has 0 atom stereocenters. The lowest BCUT2D eigenvalue weighted by atomic mass is 10.3. The second-order valence-corrected chi connectivity index (χ2v) is 5.14. The number of rotatable bonds is 4. The lowest BCUT2D eigenvalue weighted by molar-refractivity contribution is -0.389. The van der Waals surface area contributed by atoms with Gasteiger partial charge in [-0.15, -0.1) is 0 Å². The summed E-state index contributed by atoms with van der Waals surface area (Å²) in [6.45, 7) is 2.37. The van der Waals surface area contributed by atoms with E-state index in [2.05, 4.69) is 26.1 Å². The molecule has 102 valence electrons. The van der Waals surface area contributed by atoms with Crippen molar-refractivity contribution in [2.24, 2.45) is 7.05 Å². The molecule has 0 unspecified atom stereocenters. The monoisotopic (exact) mass is 347 g/mol. The van der Waals surface area contributed by atoms with Crippen LogP contribution in [0.3, 0.4) is 0 Å². The molecule has 0 aliphatic rings. The van der Waals surface area contributed by atoms with Crippen LogP contribution in [0.4, 0.5) is 5.82 Å². The minimum Gasteiger partial charge on any atom is -0.358 e. The van der Waals surface area contributed by atoms with E-state index in [0.717, 1.165) is 22.3 Å². The first-order valence-electron chi connectivity index (χ1n) is 5.51. The Labute approximate surface area is 122 Å². The molecular weight excluding hydrogens is 338 g/mol. The molecule has 2 rings (SSSR count). The van der Waals surface area contributed by atoms with Gasteiger partial charge in [-0.3, -0.25) is 4.68 Å². The molecule has 2 heterocycles. The Morgan fingerprint density at radius 2 is 2.21 bits per heavy atom. The maximum absolute atomic E-state index is 10.7. The summed E-state index contributed by atoms with van der Waals surface area (Å²) in [6, 6.07) is 0. The van der Waals surface area contributed by atoms with Gasteiger partial charge in [0.1, 0.15) is 6.54 Å². The van der Waals surface area contributed by atoms with Gasteiger partial charge in [-0.1, -0.05) is 18.5 Å². The van der Waals surface area contributed by atoms with Crippen LogP contribution >= 0.6 is 27.5 Å². The van der Waals surface area contributed by atoms with E-state index in [-0.39, 0.29) is 10.8 Å². The third-order valence-corrected chi connectivity index (χ3v) is 3.87. The van der Waals surface area contributed by atoms with Gasteiger partial charge in [0.15, 0.2) is 5.02 Å². The zero-order valence-corrected chi connectivity index (χ0v) is 12.6. The van der Waals surface area contributed by atoms with Crippen LogP contribution in [0.1, 0.15) is 18.3 Å². The number of nitro groups is 1. The summed E-state index contributed by atoms with van der Waals surface area (Å²) in [4.78, 5) is 10.1. The third kappa shape index (κ3) is 2.64. The predicted molar refractivity (Wildman–Crippen MR) is 73.3 cm³/mol. The van der Waals surface area contributed by atoms with E-state index in [1.165, 1.54) is 10.9 Å². The minimum absolute atomic E-state index is 0.0269. The number of aryl methyl sites for hydroxylation is 2. The Kier molecular flexibility index (Phi) is 3.91. The van der Waals surface area contributed by atoms with Gasteiger partial charge >= 0.3 is 5.82 Å². The van der Waals surface area contributed by atoms with Gasteiger partial charge in [0.25, 0.3) is 0 Å². The zero-order chi connectivity index (χ0) is 14.2. The zero-order valence-electron chi connectivity index (χ0n) is 10.3. The Bertz CT molecular complexity index is 636. The van der Waals surface area contributed by atoms with E-state index in [1.54, 1.807) is 4.68 Å². The largest absolute Gasteiger partial charge is 0.408 e. The molecule has 9 heteroatoms. The lowest BCUT2D eigenvalue weighted by Crippen LogP contribution is -2.07. The Balaban J connectivity index is 2.34. The van der Waals surface area contributed by atoms with Crippen LogP contribution in [0, 0.1) is 10.1 Å². The smallest absolute Gasteiger partial charge is 0.358 e. The quantitative estimate of drug-likeness (QED) is 0.628. The summed E-state index contributed by atoms with van der Waals surface area (Å²) in [7, 11) is 1.82. The molecule has 0 fully saturated rings. The van der Waals surface area contributed by atoms with E-state index < -0.39 is 4.92 Å². The third-order valence-electron chi connectivity index (χ3n) is 2.69. The highest BCUT2D eigenvalue weighted by atomic mass is 79.9. The number of hydrogen-bond acceptors (Lipinski definition) is 4. The van der Waals surface area contributed by atoms with E-state index in [9.17, 15) is 10.1 Å². The first-order chi connectivity index (χ1) is 8.93. The van der Waals surface area contributed by atoms with Gasteiger partial charge in [0.05, 0.1) is 27.2 Å². The van der Waals surface area contributed by atoms with Crippen molar-refractivity contribution in [3.63, 3.8) is 0 Å². The van der Waals surface area contributed by atoms with Crippen LogP contribution < -0.4 is 0 Å². The van der Waals surface area contributed by atoms with Crippen molar-refractivity contribution < 1.29 is 4.92 Å². The molecule has 0 bridgehead atoms. The molecule has 0 aliphatic heterocycles. The molecule has 0 amide bonds. The van der Waals surface area contributed by atoms with E-state index in [0.29, 0.717) is 6.54 Å². The number of nitrogens with zero attached hydrogens (tertiary/aromatic N) is 5. The van der Waals surface area contributed by atoms with Gasteiger partial charge in [-0.2, -0.15) is 9.78 Å². The van der Waals surface area contributed by atoms with Crippen LogP contribution in [0.2, 0.25) is 5.02 Å². The molecule has 2 aromatic rings. The Hall–Kier alpha value is -1.41. The number of aromatic nitrogens is 4. The fourth-order valence-electron chi connectivity index (χ4n) is 1.74. The molecular formula is C10H11BrClN5O2. The molecule has 0 spiro atoms. The fourth-order valence-corrected chi connectivity index (χ4v) is 2.70. The van der Waals surface area contributed by atoms with E-state index >= 15 is 0 Å². The van der Waals surface area contributed by atoms with Crippen LogP contribution in [0.25, 0.3) is 0 Å². The van der Waals surface area contributed by atoms with Crippen molar-refractivity contribution >= 4 is 33.3 Å². The molecule has 19 heavy (non-hydrogen) atoms. The van der Waals surface area contributed by atoms with Crippen LogP contribution in [0.15, 0.2) is 10.7 Å². The molecule has 0 saturated carbocycles. The average Bonchev–Trinajstić information content (AvgIpc) is 2.84. The molecule has 2 aromatic heterocycles. The summed E-state index contributed by atoms with van der Waals surface area (Å²) in [5, 5.41) is 18.9. The summed E-state index contributed by atoms with van der Waals surface area (Å²) in [5.74, 6) is -0.337. The number of halogens is 2. The van der Waals surface area contributed by atoms with E-state index in [4.69, 9.17) is 11.6 Å². The second-order valence-electron chi connectivity index (χ2n) is 3.94. The number of hydrogen-bond donors (Lipinski definition) is 0. The fraction of sp³-hybridized carbons (Fsp3) is 0.400. The van der Waals surface area contributed by atoms with Crippen LogP contribution in [-0.2, 0) is 20.0 Å². The maximum atomic E-state index is 10.7. The average molecular weight is 349 g/mol. The van der Waals surface area contributed by atoms with Crippen molar-refractivity contribution in [1.82, 2.24) is 19.6 Å². The topological polar surface area (TPSA) is 78.8 Å². The Morgan fingerprint density at radius 1 is 1.53 bits per heavy atom. The molecule has 0 aromatic carbocycles. The second kappa shape index (κ2) is 5.30. The molecule has 0 aliphatic carbocycles. The van der Waals surface area contributed by atoms with Gasteiger partial charge < -0.3 is 10.1 Å². The Morgan fingerprint density at radius 3 is 2.68 bits per heavy atom. The predicted octanol–water partition coefficient (Wildman–Crippen LogP) is 2.55. The molecule has 0 N–H and O–H groups in total. The molecule has 0 saturated heterocycles. The first-order valence-corrected chi connectivity index (χ1v) is 6.68. The summed E-state index contributed by atoms with van der Waals surface area (Å²) in [5.41, 5.74) is 1.82. The van der Waals surface area contributed by atoms with Crippen molar-refractivity contribution in [3.8, 4) is 0 Å². The van der Waals surface area contributed by atoms with Crippen molar-refractivity contribution in [2.45, 2.75) is 19.9 Å². The van der Waals surface area contributed by atoms with E-state index in [1.807, 2.05) is 14.0 Å².